The molecule has 0 unspecified atom stereocenters. The molecule has 2 rings (SSSR count). The number of nitrogens with one attached hydrogen (secondary N) is 4. The number of ether oxygens (including phenoxy) is 3. The van der Waals surface area contributed by atoms with E-state index in [0.717, 1.165) is 11.1 Å². The molecule has 15 nitrogen and oxygen atoms in total. The molecule has 0 fully saturated rings. The Morgan fingerprint density at radius 2 is 1.51 bits per heavy atom. The summed E-state index contributed by atoms with van der Waals surface area (Å²) < 4.78 is 43.7. The molecule has 0 saturated carbocycles. The number of hydrogen-bond acceptors (Lipinski definition) is 10. The molecule has 2 aromatic rings. The Balaban J connectivity index is 1.98. The van der Waals surface area contributed by atoms with Crippen LogP contribution < -0.4 is 26.4 Å². The van der Waals surface area contributed by atoms with Gasteiger partial charge >= 0.3 is 18.2 Å². The Morgan fingerprint density at radius 1 is 0.882 bits per heavy atom. The van der Waals surface area contributed by atoms with Gasteiger partial charge in [0.25, 0.3) is 10.0 Å². The van der Waals surface area contributed by atoms with Gasteiger partial charge in [0.05, 0.1) is 12.0 Å². The van der Waals surface area contributed by atoms with Crippen molar-refractivity contribution < 1.29 is 41.8 Å². The summed E-state index contributed by atoms with van der Waals surface area (Å²) in [6.07, 6.45) is -0.0553. The number of nitrogens with zero attached hydrogens (tertiary/aromatic N) is 1. The normalized spacial score (nSPS) is 13.0. The average Bonchev–Trinajstić information content (AvgIpc) is 3.02. The van der Waals surface area contributed by atoms with E-state index in [9.17, 15) is 27.6 Å². The molecule has 282 valence electrons. The van der Waals surface area contributed by atoms with Crippen molar-refractivity contribution in [3.8, 4) is 0 Å². The fourth-order valence-corrected chi connectivity index (χ4v) is 6.53. The molecule has 0 saturated heterocycles. The van der Waals surface area contributed by atoms with Crippen molar-refractivity contribution in [1.29, 1.82) is 0 Å². The minimum Gasteiger partial charge on any atom is -0.467 e. The number of alkyl carbamates (subject to hydrolysis) is 2. The number of hydrogen-bond donors (Lipinski definition) is 5. The van der Waals surface area contributed by atoms with Gasteiger partial charge in [-0.15, -0.1) is 0 Å². The third-order valence-electron chi connectivity index (χ3n) is 7.26. The number of aryl methyl sites for hydroxylation is 3. The summed E-state index contributed by atoms with van der Waals surface area (Å²) in [5.41, 5.74) is 7.97. The van der Waals surface area contributed by atoms with E-state index in [-0.39, 0.29) is 49.8 Å². The SMILES string of the molecule is COC(=O)[C@H](CCCCNC(=O)OCc1ccccc1)NC(=O)[C@H](CCCN=C(N)NS(=O)(=O)c1c(C)cc(C)cc1C)NC(=O)OC(C)(C)C. The Labute approximate surface area is 300 Å². The maximum atomic E-state index is 13.4. The van der Waals surface area contributed by atoms with E-state index in [4.69, 9.17) is 19.9 Å². The maximum absolute atomic E-state index is 13.4. The lowest BCUT2D eigenvalue weighted by Gasteiger charge is -2.25. The zero-order valence-electron chi connectivity index (χ0n) is 30.5. The summed E-state index contributed by atoms with van der Waals surface area (Å²) in [6, 6.07) is 10.6. The molecular formula is C35H52N6O9S. The number of methoxy groups -OCH3 is 1. The number of esters is 1. The van der Waals surface area contributed by atoms with Gasteiger partial charge in [0.1, 0.15) is 24.3 Å². The molecule has 16 heteroatoms. The second kappa shape index (κ2) is 20.1. The van der Waals surface area contributed by atoms with Crippen molar-refractivity contribution >= 4 is 40.0 Å². The molecule has 0 heterocycles. The maximum Gasteiger partial charge on any atom is 0.408 e. The van der Waals surface area contributed by atoms with Crippen molar-refractivity contribution in [2.75, 3.05) is 20.2 Å². The Kier molecular flexibility index (Phi) is 16.7. The topological polar surface area (TPSA) is 217 Å². The van der Waals surface area contributed by atoms with Crippen molar-refractivity contribution in [1.82, 2.24) is 20.7 Å². The van der Waals surface area contributed by atoms with E-state index >= 15 is 0 Å². The quantitative estimate of drug-likeness (QED) is 0.0523. The molecular weight excluding hydrogens is 680 g/mol. The first kappa shape index (κ1) is 42.3. The molecule has 0 radical (unpaired) electrons. The van der Waals surface area contributed by atoms with Gasteiger partial charge in [-0.3, -0.25) is 9.79 Å². The van der Waals surface area contributed by atoms with Gasteiger partial charge in [-0.05, 0) is 90.3 Å². The van der Waals surface area contributed by atoms with Crippen molar-refractivity contribution in [2.24, 2.45) is 10.7 Å². The van der Waals surface area contributed by atoms with E-state index < -0.39 is 51.8 Å². The molecule has 0 bridgehead atoms. The zero-order chi connectivity index (χ0) is 38.2. The first-order valence-electron chi connectivity index (χ1n) is 16.6. The first-order chi connectivity index (χ1) is 23.9. The molecule has 0 aromatic heterocycles. The molecule has 2 aromatic carbocycles. The monoisotopic (exact) mass is 732 g/mol. The van der Waals surface area contributed by atoms with Crippen LogP contribution in [0, 0.1) is 20.8 Å². The average molecular weight is 733 g/mol. The van der Waals surface area contributed by atoms with E-state index in [1.54, 1.807) is 46.8 Å². The Hall–Kier alpha value is -4.86. The molecule has 0 aliphatic carbocycles. The third kappa shape index (κ3) is 15.7. The first-order valence-corrected chi connectivity index (χ1v) is 18.1. The summed E-state index contributed by atoms with van der Waals surface area (Å²) in [5.74, 6) is -1.68. The van der Waals surface area contributed by atoms with Crippen molar-refractivity contribution in [3.63, 3.8) is 0 Å². The summed E-state index contributed by atoms with van der Waals surface area (Å²) in [7, 11) is -2.81. The number of benzene rings is 2. The van der Waals surface area contributed by atoms with Crippen LogP contribution in [0.1, 0.15) is 75.1 Å². The molecule has 51 heavy (non-hydrogen) atoms. The zero-order valence-corrected chi connectivity index (χ0v) is 31.3. The van der Waals surface area contributed by atoms with Crippen LogP contribution in [0.15, 0.2) is 52.4 Å². The van der Waals surface area contributed by atoms with Gasteiger partial charge in [-0.2, -0.15) is 0 Å². The molecule has 0 aliphatic rings. The summed E-state index contributed by atoms with van der Waals surface area (Å²) >= 11 is 0. The molecule has 3 amide bonds. The molecule has 6 N–H and O–H groups in total. The van der Waals surface area contributed by atoms with E-state index in [0.29, 0.717) is 24.0 Å². The standard InChI is InChI=1S/C35H52N6O9S/c1-23-20-24(2)29(25(3)21-23)51(46,47)41-32(36)37-19-13-17-27(40-34(45)50-35(4,5)6)30(42)39-28(31(43)48-7)16-11-12-18-38-33(44)49-22-26-14-9-8-10-15-26/h8-10,14-15,20-21,27-28H,11-13,16-19,22H2,1-7H3,(H,38,44)(H,39,42)(H,40,45)(H3,36,37,41)/t27-,28-/m0/s1. The predicted octanol–water partition coefficient (Wildman–Crippen LogP) is 3.63. The van der Waals surface area contributed by atoms with Crippen molar-refractivity contribution in [2.45, 2.75) is 103 Å². The fraction of sp³-hybridized carbons (Fsp3) is 0.514. The minimum atomic E-state index is -4.01. The number of sulfonamides is 1. The number of unbranched alkanes of at least 4 members (excludes halogenated alkanes) is 1. The van der Waals surface area contributed by atoms with Crippen LogP contribution >= 0.6 is 0 Å². The number of carbonyl (C=O) groups is 4. The number of carbonyl (C=O) groups excluding carboxylic acids is 4. The van der Waals surface area contributed by atoms with Gasteiger partial charge in [0.15, 0.2) is 0 Å². The molecule has 2 atom stereocenters. The highest BCUT2D eigenvalue weighted by molar-refractivity contribution is 7.90. The fourth-order valence-electron chi connectivity index (χ4n) is 5.13. The highest BCUT2D eigenvalue weighted by atomic mass is 32.2. The highest BCUT2D eigenvalue weighted by Gasteiger charge is 2.29. The smallest absolute Gasteiger partial charge is 0.408 e. The van der Waals surface area contributed by atoms with Gasteiger partial charge in [0.2, 0.25) is 11.9 Å². The number of rotatable bonds is 17. The Morgan fingerprint density at radius 3 is 2.12 bits per heavy atom. The summed E-state index contributed by atoms with van der Waals surface area (Å²) in [5, 5.41) is 7.82. The third-order valence-corrected chi connectivity index (χ3v) is 8.92. The summed E-state index contributed by atoms with van der Waals surface area (Å²) in [6.45, 7) is 10.7. The van der Waals surface area contributed by atoms with Crippen LogP contribution in [-0.2, 0) is 40.4 Å². The number of aliphatic imine (C=N–C) groups is 1. The Bertz CT molecular complexity index is 1600. The van der Waals surface area contributed by atoms with Crippen LogP contribution in [0.4, 0.5) is 9.59 Å². The number of nitrogens with two attached hydrogens (primary N) is 1. The number of amides is 3. The second-order valence-electron chi connectivity index (χ2n) is 13.0. The predicted molar refractivity (Wildman–Crippen MR) is 192 cm³/mol. The van der Waals surface area contributed by atoms with Gasteiger partial charge < -0.3 is 35.9 Å². The number of guanidine groups is 1. The lowest BCUT2D eigenvalue weighted by atomic mass is 10.1. The lowest BCUT2D eigenvalue weighted by Crippen LogP contribution is -2.52. The lowest BCUT2D eigenvalue weighted by molar-refractivity contribution is -0.145. The largest absolute Gasteiger partial charge is 0.467 e. The van der Waals surface area contributed by atoms with Crippen LogP contribution in [0.2, 0.25) is 0 Å². The molecule has 0 spiro atoms. The van der Waals surface area contributed by atoms with Crippen molar-refractivity contribution in [3.05, 3.63) is 64.7 Å². The van der Waals surface area contributed by atoms with Crippen LogP contribution in [0.3, 0.4) is 0 Å². The highest BCUT2D eigenvalue weighted by Crippen LogP contribution is 2.21. The van der Waals surface area contributed by atoms with E-state index in [2.05, 4.69) is 25.7 Å². The molecule has 0 aliphatic heterocycles. The van der Waals surface area contributed by atoms with Crippen LogP contribution in [-0.4, -0.2) is 76.3 Å². The van der Waals surface area contributed by atoms with E-state index in [1.165, 1.54) is 7.11 Å². The van der Waals surface area contributed by atoms with Crippen LogP contribution in [0.25, 0.3) is 0 Å². The van der Waals surface area contributed by atoms with Gasteiger partial charge in [0, 0.05) is 13.1 Å². The summed E-state index contributed by atoms with van der Waals surface area (Å²) in [4.78, 5) is 54.8. The van der Waals surface area contributed by atoms with Gasteiger partial charge in [-0.25, -0.2) is 27.5 Å². The van der Waals surface area contributed by atoms with Crippen LogP contribution in [0.5, 0.6) is 0 Å². The van der Waals surface area contributed by atoms with Gasteiger partial charge in [-0.1, -0.05) is 48.0 Å². The van der Waals surface area contributed by atoms with E-state index in [1.807, 2.05) is 37.3 Å². The minimum absolute atomic E-state index is 0.0151. The second-order valence-corrected chi connectivity index (χ2v) is 14.6.